The van der Waals surface area contributed by atoms with E-state index >= 15 is 0 Å². The summed E-state index contributed by atoms with van der Waals surface area (Å²) in [5.41, 5.74) is -3.34. The Morgan fingerprint density at radius 3 is 1.86 bits per heavy atom. The Balaban J connectivity index is 2.60. The number of hydrogen-bond donors (Lipinski definition) is 1. The Kier molecular flexibility index (Phi) is 3.66. The van der Waals surface area contributed by atoms with Crippen molar-refractivity contribution in [3.8, 4) is 5.69 Å². The lowest BCUT2D eigenvalue weighted by Crippen LogP contribution is -2.12. The van der Waals surface area contributed by atoms with Crippen LogP contribution in [-0.4, -0.2) is 20.1 Å². The largest absolute Gasteiger partial charge is 0.416 e. The van der Waals surface area contributed by atoms with Gasteiger partial charge in [-0.3, -0.25) is 0 Å². The van der Waals surface area contributed by atoms with Gasteiger partial charge in [-0.1, -0.05) is 5.21 Å². The highest BCUT2D eigenvalue weighted by atomic mass is 19.4. The van der Waals surface area contributed by atoms with Crippen LogP contribution in [0.1, 0.15) is 16.8 Å². The number of benzene rings is 1. The summed E-state index contributed by atoms with van der Waals surface area (Å²) in [6, 6.07) is 1.06. The van der Waals surface area contributed by atoms with Crippen molar-refractivity contribution in [1.82, 2.24) is 15.0 Å². The molecule has 2 rings (SSSR count). The number of aromatic nitrogens is 3. The van der Waals surface area contributed by atoms with Gasteiger partial charge in [0.05, 0.1) is 29.6 Å². The molecule has 0 spiro atoms. The van der Waals surface area contributed by atoms with Gasteiger partial charge in [0.25, 0.3) is 0 Å². The van der Waals surface area contributed by atoms with Crippen LogP contribution in [0, 0.1) is 0 Å². The van der Waals surface area contributed by atoms with Gasteiger partial charge < -0.3 is 5.11 Å². The molecule has 21 heavy (non-hydrogen) atoms. The first-order valence-corrected chi connectivity index (χ1v) is 5.43. The average Bonchev–Trinajstić information content (AvgIpc) is 2.85. The monoisotopic (exact) mass is 311 g/mol. The van der Waals surface area contributed by atoms with Crippen LogP contribution in [0.4, 0.5) is 26.3 Å². The van der Waals surface area contributed by atoms with Crippen molar-refractivity contribution >= 4 is 0 Å². The summed E-state index contributed by atoms with van der Waals surface area (Å²) < 4.78 is 76.8. The summed E-state index contributed by atoms with van der Waals surface area (Å²) in [4.78, 5) is 0. The summed E-state index contributed by atoms with van der Waals surface area (Å²) >= 11 is 0. The molecule has 0 unspecified atom stereocenters. The van der Waals surface area contributed by atoms with Gasteiger partial charge in [0, 0.05) is 0 Å². The topological polar surface area (TPSA) is 50.9 Å². The van der Waals surface area contributed by atoms with Crippen molar-refractivity contribution in [3.63, 3.8) is 0 Å². The van der Waals surface area contributed by atoms with E-state index in [1.807, 2.05) is 0 Å². The molecule has 0 aliphatic heterocycles. The van der Waals surface area contributed by atoms with E-state index in [1.54, 1.807) is 0 Å². The lowest BCUT2D eigenvalue weighted by Gasteiger charge is -2.13. The highest BCUT2D eigenvalue weighted by molar-refractivity contribution is 5.42. The lowest BCUT2D eigenvalue weighted by atomic mass is 10.1. The van der Waals surface area contributed by atoms with Gasteiger partial charge in [0.1, 0.15) is 5.69 Å². The number of halogens is 6. The smallest absolute Gasteiger partial charge is 0.390 e. The molecule has 0 saturated carbocycles. The Morgan fingerprint density at radius 1 is 0.952 bits per heavy atom. The maximum absolute atomic E-state index is 12.7. The number of alkyl halides is 6. The van der Waals surface area contributed by atoms with E-state index in [9.17, 15) is 26.3 Å². The molecule has 0 aliphatic carbocycles. The summed E-state index contributed by atoms with van der Waals surface area (Å²) in [7, 11) is 0. The summed E-state index contributed by atoms with van der Waals surface area (Å²) in [5, 5.41) is 15.6. The molecule has 4 nitrogen and oxygen atoms in total. The number of rotatable bonds is 2. The molecule has 1 heterocycles. The van der Waals surface area contributed by atoms with Crippen LogP contribution in [0.15, 0.2) is 24.4 Å². The van der Waals surface area contributed by atoms with Crippen LogP contribution in [0.5, 0.6) is 0 Å². The first-order chi connectivity index (χ1) is 9.61. The SMILES string of the molecule is OCc1cn(-c2cc(C(F)(F)F)cc(C(F)(F)F)c2)nn1. The minimum atomic E-state index is -4.93. The van der Waals surface area contributed by atoms with Crippen molar-refractivity contribution in [1.29, 1.82) is 0 Å². The second kappa shape index (κ2) is 5.02. The van der Waals surface area contributed by atoms with Crippen LogP contribution in [0.3, 0.4) is 0 Å². The zero-order valence-corrected chi connectivity index (χ0v) is 10.1. The first kappa shape index (κ1) is 15.3. The number of aliphatic hydroxyl groups excluding tert-OH is 1. The van der Waals surface area contributed by atoms with Crippen LogP contribution in [0.25, 0.3) is 5.69 Å². The highest BCUT2D eigenvalue weighted by Gasteiger charge is 2.37. The van der Waals surface area contributed by atoms with Crippen molar-refractivity contribution < 1.29 is 31.4 Å². The molecule has 1 N–H and O–H groups in total. The molecule has 0 radical (unpaired) electrons. The fourth-order valence-corrected chi connectivity index (χ4v) is 1.57. The highest BCUT2D eigenvalue weighted by Crippen LogP contribution is 2.36. The van der Waals surface area contributed by atoms with Gasteiger partial charge in [-0.05, 0) is 18.2 Å². The Labute approximate surface area is 113 Å². The average molecular weight is 311 g/mol. The number of aliphatic hydroxyl groups is 1. The molecule has 1 aromatic heterocycles. The standard InChI is InChI=1S/C11H7F6N3O/c12-10(13,14)6-1-7(11(15,16)17)3-9(2-6)20-4-8(5-21)18-19-20/h1-4,21H,5H2. The Bertz CT molecular complexity index is 614. The zero-order chi connectivity index (χ0) is 15.8. The van der Waals surface area contributed by atoms with E-state index in [4.69, 9.17) is 5.11 Å². The van der Waals surface area contributed by atoms with Crippen LogP contribution < -0.4 is 0 Å². The third kappa shape index (κ3) is 3.32. The molecule has 0 amide bonds. The maximum Gasteiger partial charge on any atom is 0.416 e. The van der Waals surface area contributed by atoms with Crippen molar-refractivity contribution in [2.75, 3.05) is 0 Å². The molecule has 0 fully saturated rings. The molecule has 0 aliphatic rings. The predicted molar refractivity (Wildman–Crippen MR) is 57.3 cm³/mol. The third-order valence-electron chi connectivity index (χ3n) is 2.54. The van der Waals surface area contributed by atoms with E-state index in [2.05, 4.69) is 10.3 Å². The van der Waals surface area contributed by atoms with Crippen LogP contribution in [-0.2, 0) is 19.0 Å². The second-order valence-corrected chi connectivity index (χ2v) is 4.08. The van der Waals surface area contributed by atoms with E-state index in [0.717, 1.165) is 10.9 Å². The number of nitrogens with zero attached hydrogens (tertiary/aromatic N) is 3. The molecular formula is C11H7F6N3O. The quantitative estimate of drug-likeness (QED) is 0.868. The molecule has 0 saturated heterocycles. The third-order valence-corrected chi connectivity index (χ3v) is 2.54. The van der Waals surface area contributed by atoms with Crippen molar-refractivity contribution in [2.45, 2.75) is 19.0 Å². The van der Waals surface area contributed by atoms with Crippen LogP contribution >= 0.6 is 0 Å². The molecule has 2 aromatic rings. The Hall–Kier alpha value is -2.10. The van der Waals surface area contributed by atoms with Crippen molar-refractivity contribution in [2.24, 2.45) is 0 Å². The van der Waals surface area contributed by atoms with Gasteiger partial charge in [-0.2, -0.15) is 26.3 Å². The van der Waals surface area contributed by atoms with E-state index in [1.165, 1.54) is 0 Å². The molecule has 0 atom stereocenters. The van der Waals surface area contributed by atoms with Gasteiger partial charge in [0.15, 0.2) is 0 Å². The van der Waals surface area contributed by atoms with Gasteiger partial charge in [0.2, 0.25) is 0 Å². The molecule has 114 valence electrons. The zero-order valence-electron chi connectivity index (χ0n) is 10.1. The molecular weight excluding hydrogens is 304 g/mol. The summed E-state index contributed by atoms with van der Waals surface area (Å²) in [6.07, 6.45) is -8.83. The minimum absolute atomic E-state index is 0.0148. The first-order valence-electron chi connectivity index (χ1n) is 5.43. The predicted octanol–water partition coefficient (Wildman–Crippen LogP) is 2.80. The van der Waals surface area contributed by atoms with Crippen LogP contribution in [0.2, 0.25) is 0 Å². The van der Waals surface area contributed by atoms with Gasteiger partial charge >= 0.3 is 12.4 Å². The lowest BCUT2D eigenvalue weighted by molar-refractivity contribution is -0.143. The fraction of sp³-hybridized carbons (Fsp3) is 0.273. The van der Waals surface area contributed by atoms with E-state index in [0.29, 0.717) is 12.1 Å². The van der Waals surface area contributed by atoms with E-state index in [-0.39, 0.29) is 11.8 Å². The summed E-state index contributed by atoms with van der Waals surface area (Å²) in [6.45, 7) is -0.537. The number of hydrogen-bond acceptors (Lipinski definition) is 3. The molecule has 1 aromatic carbocycles. The molecule has 0 bridgehead atoms. The van der Waals surface area contributed by atoms with Gasteiger partial charge in [-0.15, -0.1) is 5.10 Å². The normalized spacial score (nSPS) is 12.7. The Morgan fingerprint density at radius 2 is 1.48 bits per heavy atom. The maximum atomic E-state index is 12.7. The van der Waals surface area contributed by atoms with Crippen molar-refractivity contribution in [3.05, 3.63) is 41.2 Å². The second-order valence-electron chi connectivity index (χ2n) is 4.08. The molecule has 10 heteroatoms. The minimum Gasteiger partial charge on any atom is -0.390 e. The summed E-state index contributed by atoms with van der Waals surface area (Å²) in [5.74, 6) is 0. The fourth-order valence-electron chi connectivity index (χ4n) is 1.57. The van der Waals surface area contributed by atoms with E-state index < -0.39 is 35.8 Å². The van der Waals surface area contributed by atoms with Gasteiger partial charge in [-0.25, -0.2) is 4.68 Å².